The van der Waals surface area contributed by atoms with Gasteiger partial charge in [0, 0.05) is 25.4 Å². The van der Waals surface area contributed by atoms with Crippen molar-refractivity contribution in [3.63, 3.8) is 0 Å². The molecule has 0 bridgehead atoms. The first-order valence-corrected chi connectivity index (χ1v) is 4.39. The van der Waals surface area contributed by atoms with Gasteiger partial charge in [-0.05, 0) is 14.1 Å². The average Bonchev–Trinajstić information content (AvgIpc) is 2.29. The van der Waals surface area contributed by atoms with Gasteiger partial charge in [0.2, 0.25) is 0 Å². The minimum absolute atomic E-state index is 0.490. The normalized spacial score (nSPS) is 11.1. The van der Waals surface area contributed by atoms with Crippen molar-refractivity contribution in [1.29, 1.82) is 0 Å². The molecule has 12 heavy (non-hydrogen) atoms. The number of aryl methyl sites for hydroxylation is 1. The molecule has 1 rings (SSSR count). The summed E-state index contributed by atoms with van der Waals surface area (Å²) in [6.45, 7) is 0.899. The van der Waals surface area contributed by atoms with E-state index in [1.165, 1.54) is 5.56 Å². The lowest BCUT2D eigenvalue weighted by molar-refractivity contribution is 0.401. The zero-order valence-electron chi connectivity index (χ0n) is 7.71. The smallest absolute Gasteiger partial charge is 0.0817 e. The number of rotatable bonds is 3. The second kappa shape index (κ2) is 3.92. The predicted octanol–water partition coefficient (Wildman–Crippen LogP) is 1.22. The molecule has 0 N–H and O–H groups in total. The molecule has 3 nitrogen and oxygen atoms in total. The van der Waals surface area contributed by atoms with Crippen LogP contribution in [-0.2, 0) is 19.5 Å². The van der Waals surface area contributed by atoms with E-state index in [1.807, 2.05) is 27.3 Å². The summed E-state index contributed by atoms with van der Waals surface area (Å²) in [6.07, 6.45) is 2.01. The Morgan fingerprint density at radius 1 is 1.58 bits per heavy atom. The van der Waals surface area contributed by atoms with E-state index in [0.717, 1.165) is 12.2 Å². The van der Waals surface area contributed by atoms with Crippen LogP contribution in [0.25, 0.3) is 0 Å². The van der Waals surface area contributed by atoms with Gasteiger partial charge in [0.1, 0.15) is 0 Å². The van der Waals surface area contributed by atoms with Gasteiger partial charge < -0.3 is 4.90 Å². The quantitative estimate of drug-likeness (QED) is 0.664. The molecule has 0 aliphatic heterocycles. The summed E-state index contributed by atoms with van der Waals surface area (Å²) < 4.78 is 1.80. The van der Waals surface area contributed by atoms with Crippen molar-refractivity contribution in [2.45, 2.75) is 12.4 Å². The Bertz CT molecular complexity index is 255. The summed E-state index contributed by atoms with van der Waals surface area (Å²) in [6, 6.07) is 0. The Hall–Kier alpha value is -0.540. The molecule has 0 aromatic carbocycles. The first-order chi connectivity index (χ1) is 5.63. The number of halogens is 1. The Morgan fingerprint density at radius 2 is 2.25 bits per heavy atom. The van der Waals surface area contributed by atoms with E-state index in [0.29, 0.717) is 5.88 Å². The minimum Gasteiger partial charge on any atom is -0.305 e. The molecule has 1 aromatic heterocycles. The highest BCUT2D eigenvalue weighted by atomic mass is 35.5. The van der Waals surface area contributed by atoms with Gasteiger partial charge >= 0.3 is 0 Å². The van der Waals surface area contributed by atoms with E-state index in [2.05, 4.69) is 10.00 Å². The second-order valence-corrected chi connectivity index (χ2v) is 3.41. The van der Waals surface area contributed by atoms with Crippen LogP contribution in [0.15, 0.2) is 6.20 Å². The summed E-state index contributed by atoms with van der Waals surface area (Å²) in [4.78, 5) is 2.10. The van der Waals surface area contributed by atoms with Crippen molar-refractivity contribution < 1.29 is 0 Å². The zero-order valence-corrected chi connectivity index (χ0v) is 8.47. The van der Waals surface area contributed by atoms with Crippen LogP contribution in [0.4, 0.5) is 0 Å². The standard InChI is InChI=1S/C8H14ClN3/c1-11(2)5-7-6-12(3)10-8(7)4-9/h6H,4-5H2,1-3H3. The molecule has 0 saturated carbocycles. The van der Waals surface area contributed by atoms with Gasteiger partial charge in [-0.3, -0.25) is 4.68 Å². The van der Waals surface area contributed by atoms with Crippen LogP contribution in [0, 0.1) is 0 Å². The topological polar surface area (TPSA) is 21.1 Å². The molecule has 68 valence electrons. The number of hydrogen-bond acceptors (Lipinski definition) is 2. The van der Waals surface area contributed by atoms with E-state index in [9.17, 15) is 0 Å². The molecule has 0 radical (unpaired) electrons. The Kier molecular flexibility index (Phi) is 3.12. The summed E-state index contributed by atoms with van der Waals surface area (Å²) in [5.74, 6) is 0.490. The maximum atomic E-state index is 5.73. The van der Waals surface area contributed by atoms with Crippen molar-refractivity contribution in [2.75, 3.05) is 14.1 Å². The minimum atomic E-state index is 0.490. The van der Waals surface area contributed by atoms with Crippen LogP contribution in [0.3, 0.4) is 0 Å². The maximum Gasteiger partial charge on any atom is 0.0817 e. The van der Waals surface area contributed by atoms with Crippen molar-refractivity contribution in [1.82, 2.24) is 14.7 Å². The molecule has 0 spiro atoms. The molecule has 0 aliphatic carbocycles. The van der Waals surface area contributed by atoms with E-state index >= 15 is 0 Å². The van der Waals surface area contributed by atoms with Crippen LogP contribution < -0.4 is 0 Å². The van der Waals surface area contributed by atoms with Crippen LogP contribution in [0.2, 0.25) is 0 Å². The van der Waals surface area contributed by atoms with Crippen molar-refractivity contribution in [3.8, 4) is 0 Å². The second-order valence-electron chi connectivity index (χ2n) is 3.15. The van der Waals surface area contributed by atoms with Crippen LogP contribution in [0.5, 0.6) is 0 Å². The Labute approximate surface area is 77.9 Å². The highest BCUT2D eigenvalue weighted by Gasteiger charge is 2.06. The predicted molar refractivity (Wildman–Crippen MR) is 50.2 cm³/mol. The van der Waals surface area contributed by atoms with Crippen molar-refractivity contribution in [2.24, 2.45) is 7.05 Å². The lowest BCUT2D eigenvalue weighted by atomic mass is 10.2. The van der Waals surface area contributed by atoms with Crippen LogP contribution >= 0.6 is 11.6 Å². The maximum absolute atomic E-state index is 5.73. The monoisotopic (exact) mass is 187 g/mol. The molecule has 1 heterocycles. The fourth-order valence-corrected chi connectivity index (χ4v) is 1.39. The first kappa shape index (κ1) is 9.55. The Morgan fingerprint density at radius 3 is 2.75 bits per heavy atom. The molecule has 4 heteroatoms. The number of hydrogen-bond donors (Lipinski definition) is 0. The summed E-state index contributed by atoms with van der Waals surface area (Å²) >= 11 is 5.73. The summed E-state index contributed by atoms with van der Waals surface area (Å²) in [5.41, 5.74) is 2.19. The molecular weight excluding hydrogens is 174 g/mol. The first-order valence-electron chi connectivity index (χ1n) is 3.85. The van der Waals surface area contributed by atoms with Crippen LogP contribution in [-0.4, -0.2) is 28.8 Å². The third-order valence-electron chi connectivity index (χ3n) is 1.60. The van der Waals surface area contributed by atoms with Gasteiger partial charge in [-0.25, -0.2) is 0 Å². The van der Waals surface area contributed by atoms with Gasteiger partial charge in [0.15, 0.2) is 0 Å². The van der Waals surface area contributed by atoms with Gasteiger partial charge in [-0.2, -0.15) is 5.10 Å². The van der Waals surface area contributed by atoms with Gasteiger partial charge in [0.25, 0.3) is 0 Å². The average molecular weight is 188 g/mol. The highest BCUT2D eigenvalue weighted by molar-refractivity contribution is 6.16. The van der Waals surface area contributed by atoms with Crippen LogP contribution in [0.1, 0.15) is 11.3 Å². The van der Waals surface area contributed by atoms with E-state index in [4.69, 9.17) is 11.6 Å². The molecule has 0 atom stereocenters. The van der Waals surface area contributed by atoms with E-state index < -0.39 is 0 Å². The molecule has 0 aliphatic rings. The van der Waals surface area contributed by atoms with Gasteiger partial charge in [-0.15, -0.1) is 11.6 Å². The SMILES string of the molecule is CN(C)Cc1cn(C)nc1CCl. The van der Waals surface area contributed by atoms with E-state index in [1.54, 1.807) is 4.68 Å². The number of aromatic nitrogens is 2. The summed E-state index contributed by atoms with van der Waals surface area (Å²) in [5, 5.41) is 4.24. The zero-order chi connectivity index (χ0) is 9.14. The fourth-order valence-electron chi connectivity index (χ4n) is 1.17. The van der Waals surface area contributed by atoms with Crippen molar-refractivity contribution >= 4 is 11.6 Å². The molecule has 0 fully saturated rings. The molecule has 0 unspecified atom stereocenters. The molecular formula is C8H14ClN3. The number of nitrogens with zero attached hydrogens (tertiary/aromatic N) is 3. The highest BCUT2D eigenvalue weighted by Crippen LogP contribution is 2.10. The lowest BCUT2D eigenvalue weighted by Gasteiger charge is -2.07. The fraction of sp³-hybridized carbons (Fsp3) is 0.625. The number of alkyl halides is 1. The summed E-state index contributed by atoms with van der Waals surface area (Å²) in [7, 11) is 5.98. The Balaban J connectivity index is 2.81. The lowest BCUT2D eigenvalue weighted by Crippen LogP contribution is -2.11. The third kappa shape index (κ3) is 2.22. The van der Waals surface area contributed by atoms with Crippen molar-refractivity contribution in [3.05, 3.63) is 17.5 Å². The van der Waals surface area contributed by atoms with Gasteiger partial charge in [-0.1, -0.05) is 0 Å². The van der Waals surface area contributed by atoms with Gasteiger partial charge in [0.05, 0.1) is 11.6 Å². The molecule has 1 aromatic rings. The molecule has 0 saturated heterocycles. The largest absolute Gasteiger partial charge is 0.305 e. The van der Waals surface area contributed by atoms with E-state index in [-0.39, 0.29) is 0 Å². The molecule has 0 amide bonds. The third-order valence-corrected chi connectivity index (χ3v) is 1.86.